The van der Waals surface area contributed by atoms with Gasteiger partial charge in [0.2, 0.25) is 5.88 Å². The van der Waals surface area contributed by atoms with Gasteiger partial charge in [0.15, 0.2) is 0 Å². The molecule has 3 heteroatoms. The Labute approximate surface area is 102 Å². The van der Waals surface area contributed by atoms with Gasteiger partial charge in [0, 0.05) is 18.1 Å². The van der Waals surface area contributed by atoms with E-state index in [4.69, 9.17) is 16.3 Å². The standard InChI is InChI=1S/C13H18ClNO/c14-10-11-7-8-15-13(9-11)16-12-5-3-1-2-4-6-12/h7-9,12H,1-6,10H2. The molecule has 1 aromatic rings. The van der Waals surface area contributed by atoms with Crippen LogP contribution in [-0.2, 0) is 5.88 Å². The van der Waals surface area contributed by atoms with Crippen molar-refractivity contribution in [3.05, 3.63) is 23.9 Å². The zero-order chi connectivity index (χ0) is 11.2. The largest absolute Gasteiger partial charge is 0.474 e. The van der Waals surface area contributed by atoms with Crippen LogP contribution < -0.4 is 4.74 Å². The van der Waals surface area contributed by atoms with Crippen LogP contribution in [0.1, 0.15) is 44.1 Å². The van der Waals surface area contributed by atoms with Crippen LogP contribution in [-0.4, -0.2) is 11.1 Å². The topological polar surface area (TPSA) is 22.1 Å². The molecule has 0 N–H and O–H groups in total. The van der Waals surface area contributed by atoms with Crippen molar-refractivity contribution in [1.82, 2.24) is 4.98 Å². The van der Waals surface area contributed by atoms with Gasteiger partial charge in [0.25, 0.3) is 0 Å². The second-order valence-electron chi connectivity index (χ2n) is 4.37. The van der Waals surface area contributed by atoms with Gasteiger partial charge >= 0.3 is 0 Å². The van der Waals surface area contributed by atoms with Crippen molar-refractivity contribution in [2.45, 2.75) is 50.5 Å². The van der Waals surface area contributed by atoms with Gasteiger partial charge in [-0.25, -0.2) is 4.98 Å². The minimum atomic E-state index is 0.348. The average Bonchev–Trinajstić information content (AvgIpc) is 2.58. The monoisotopic (exact) mass is 239 g/mol. The maximum Gasteiger partial charge on any atom is 0.213 e. The van der Waals surface area contributed by atoms with Crippen LogP contribution in [0.5, 0.6) is 5.88 Å². The summed E-state index contributed by atoms with van der Waals surface area (Å²) in [5, 5.41) is 0. The number of pyridine rings is 1. The molecular formula is C13H18ClNO. The Hall–Kier alpha value is -0.760. The van der Waals surface area contributed by atoms with E-state index in [9.17, 15) is 0 Å². The fraction of sp³-hybridized carbons (Fsp3) is 0.615. The summed E-state index contributed by atoms with van der Waals surface area (Å²) >= 11 is 5.78. The van der Waals surface area contributed by atoms with Crippen LogP contribution in [0, 0.1) is 0 Å². The van der Waals surface area contributed by atoms with Gasteiger partial charge in [-0.15, -0.1) is 11.6 Å². The highest BCUT2D eigenvalue weighted by molar-refractivity contribution is 6.17. The van der Waals surface area contributed by atoms with E-state index < -0.39 is 0 Å². The molecule has 1 aliphatic rings. The first-order valence-corrected chi connectivity index (χ1v) is 6.59. The van der Waals surface area contributed by atoms with Crippen molar-refractivity contribution in [2.24, 2.45) is 0 Å². The molecule has 0 aliphatic heterocycles. The highest BCUT2D eigenvalue weighted by Crippen LogP contribution is 2.22. The Morgan fingerprint density at radius 3 is 2.69 bits per heavy atom. The molecule has 2 nitrogen and oxygen atoms in total. The summed E-state index contributed by atoms with van der Waals surface area (Å²) in [6.07, 6.45) is 9.67. The first-order valence-electron chi connectivity index (χ1n) is 6.06. The van der Waals surface area contributed by atoms with Crippen molar-refractivity contribution in [3.8, 4) is 5.88 Å². The number of halogens is 1. The third-order valence-electron chi connectivity index (χ3n) is 3.04. The molecule has 0 spiro atoms. The number of rotatable bonds is 3. The number of alkyl halides is 1. The predicted molar refractivity (Wildman–Crippen MR) is 65.9 cm³/mol. The summed E-state index contributed by atoms with van der Waals surface area (Å²) in [7, 11) is 0. The number of hydrogen-bond acceptors (Lipinski definition) is 2. The molecule has 0 unspecified atom stereocenters. The van der Waals surface area contributed by atoms with Crippen molar-refractivity contribution >= 4 is 11.6 Å². The number of ether oxygens (including phenoxy) is 1. The third-order valence-corrected chi connectivity index (χ3v) is 3.35. The van der Waals surface area contributed by atoms with Gasteiger partial charge < -0.3 is 4.74 Å². The van der Waals surface area contributed by atoms with Crippen LogP contribution in [0.25, 0.3) is 0 Å². The Bertz CT molecular complexity index is 321. The Kier molecular flexibility index (Phi) is 4.46. The van der Waals surface area contributed by atoms with E-state index in [1.807, 2.05) is 12.1 Å². The molecule has 0 radical (unpaired) electrons. The third kappa shape index (κ3) is 3.38. The summed E-state index contributed by atoms with van der Waals surface area (Å²) in [4.78, 5) is 4.23. The molecule has 0 amide bonds. The lowest BCUT2D eigenvalue weighted by Gasteiger charge is -2.16. The van der Waals surface area contributed by atoms with Gasteiger partial charge in [-0.3, -0.25) is 0 Å². The molecule has 0 saturated heterocycles. The molecule has 2 rings (SSSR count). The molecule has 1 aromatic heterocycles. The van der Waals surface area contributed by atoms with Gasteiger partial charge in [0.05, 0.1) is 0 Å². The van der Waals surface area contributed by atoms with E-state index >= 15 is 0 Å². The van der Waals surface area contributed by atoms with Gasteiger partial charge in [0.1, 0.15) is 6.10 Å². The predicted octanol–water partition coefficient (Wildman–Crippen LogP) is 3.92. The molecule has 1 aliphatic carbocycles. The summed E-state index contributed by atoms with van der Waals surface area (Å²) in [6, 6.07) is 3.87. The number of aromatic nitrogens is 1. The number of nitrogens with zero attached hydrogens (tertiary/aromatic N) is 1. The lowest BCUT2D eigenvalue weighted by atomic mass is 10.1. The molecule has 88 valence electrons. The molecule has 0 aromatic carbocycles. The molecule has 1 saturated carbocycles. The van der Waals surface area contributed by atoms with Crippen molar-refractivity contribution in [2.75, 3.05) is 0 Å². The first-order chi connectivity index (χ1) is 7.88. The van der Waals surface area contributed by atoms with E-state index in [2.05, 4.69) is 4.98 Å². The van der Waals surface area contributed by atoms with E-state index in [0.29, 0.717) is 12.0 Å². The highest BCUT2D eigenvalue weighted by atomic mass is 35.5. The molecule has 1 fully saturated rings. The van der Waals surface area contributed by atoms with E-state index in [-0.39, 0.29) is 0 Å². The van der Waals surface area contributed by atoms with Crippen LogP contribution in [0.3, 0.4) is 0 Å². The summed E-state index contributed by atoms with van der Waals surface area (Å²) in [5.41, 5.74) is 1.07. The first kappa shape index (κ1) is 11.7. The molecule has 0 bridgehead atoms. The lowest BCUT2D eigenvalue weighted by Crippen LogP contribution is -2.15. The van der Waals surface area contributed by atoms with E-state index in [1.165, 1.54) is 25.7 Å². The smallest absolute Gasteiger partial charge is 0.213 e. The quantitative estimate of drug-likeness (QED) is 0.589. The van der Waals surface area contributed by atoms with Crippen molar-refractivity contribution in [3.63, 3.8) is 0 Å². The maximum atomic E-state index is 5.91. The van der Waals surface area contributed by atoms with Gasteiger partial charge in [-0.2, -0.15) is 0 Å². The van der Waals surface area contributed by atoms with Crippen LogP contribution in [0.4, 0.5) is 0 Å². The van der Waals surface area contributed by atoms with Gasteiger partial charge in [-0.1, -0.05) is 12.8 Å². The Morgan fingerprint density at radius 1 is 1.25 bits per heavy atom. The highest BCUT2D eigenvalue weighted by Gasteiger charge is 2.14. The Balaban J connectivity index is 1.96. The SMILES string of the molecule is ClCc1ccnc(OC2CCCCCC2)c1. The van der Waals surface area contributed by atoms with Gasteiger partial charge in [-0.05, 0) is 37.3 Å². The van der Waals surface area contributed by atoms with E-state index in [0.717, 1.165) is 24.3 Å². The summed E-state index contributed by atoms with van der Waals surface area (Å²) in [5.74, 6) is 1.24. The summed E-state index contributed by atoms with van der Waals surface area (Å²) in [6.45, 7) is 0. The van der Waals surface area contributed by atoms with Crippen LogP contribution >= 0.6 is 11.6 Å². The Morgan fingerprint density at radius 2 is 2.00 bits per heavy atom. The lowest BCUT2D eigenvalue weighted by molar-refractivity contribution is 0.176. The summed E-state index contributed by atoms with van der Waals surface area (Å²) < 4.78 is 5.91. The fourth-order valence-corrected chi connectivity index (χ4v) is 2.29. The second-order valence-corrected chi connectivity index (χ2v) is 4.63. The zero-order valence-corrected chi connectivity index (χ0v) is 10.2. The molecule has 16 heavy (non-hydrogen) atoms. The second kappa shape index (κ2) is 6.09. The van der Waals surface area contributed by atoms with Crippen molar-refractivity contribution < 1.29 is 4.74 Å². The molecule has 0 atom stereocenters. The van der Waals surface area contributed by atoms with Crippen LogP contribution in [0.15, 0.2) is 18.3 Å². The molecular weight excluding hydrogens is 222 g/mol. The maximum absolute atomic E-state index is 5.91. The average molecular weight is 240 g/mol. The normalized spacial score (nSPS) is 18.1. The van der Waals surface area contributed by atoms with Crippen molar-refractivity contribution in [1.29, 1.82) is 0 Å². The minimum absolute atomic E-state index is 0.348. The van der Waals surface area contributed by atoms with Crippen LogP contribution in [0.2, 0.25) is 0 Å². The fourth-order valence-electron chi connectivity index (χ4n) is 2.13. The molecule has 1 heterocycles. The number of hydrogen-bond donors (Lipinski definition) is 0. The zero-order valence-electron chi connectivity index (χ0n) is 9.49. The minimum Gasteiger partial charge on any atom is -0.474 e. The van der Waals surface area contributed by atoms with E-state index in [1.54, 1.807) is 6.20 Å².